The van der Waals surface area contributed by atoms with Gasteiger partial charge >= 0.3 is 0 Å². The first-order valence-electron chi connectivity index (χ1n) is 9.81. The molecule has 3 atom stereocenters. The molecule has 28 heavy (non-hydrogen) atoms. The molecule has 3 heterocycles. The second kappa shape index (κ2) is 7.73. The number of hydrogen-bond donors (Lipinski definition) is 0. The Morgan fingerprint density at radius 3 is 2.79 bits per heavy atom. The van der Waals surface area contributed by atoms with Crippen LogP contribution < -0.4 is 0 Å². The van der Waals surface area contributed by atoms with Crippen LogP contribution in [-0.2, 0) is 16.1 Å². The summed E-state index contributed by atoms with van der Waals surface area (Å²) in [5.41, 5.74) is 0.815. The van der Waals surface area contributed by atoms with E-state index < -0.39 is 0 Å². The van der Waals surface area contributed by atoms with Gasteiger partial charge in [0.25, 0.3) is 0 Å². The number of hydrogen-bond acceptors (Lipinski definition) is 3. The third-order valence-corrected chi connectivity index (χ3v) is 5.95. The topological polar surface area (TPSA) is 58.4 Å². The molecule has 4 rings (SSSR count). The smallest absolute Gasteiger partial charge is 0.222 e. The van der Waals surface area contributed by atoms with E-state index in [2.05, 4.69) is 5.10 Å². The first kappa shape index (κ1) is 18.7. The fourth-order valence-electron chi connectivity index (χ4n) is 4.67. The number of nitrogens with zero attached hydrogens (tertiary/aromatic N) is 4. The second-order valence-electron chi connectivity index (χ2n) is 7.77. The molecule has 0 N–H and O–H groups in total. The molecule has 0 unspecified atom stereocenters. The zero-order valence-electron chi connectivity index (χ0n) is 16.0. The highest BCUT2D eigenvalue weighted by Gasteiger charge is 2.49. The highest BCUT2D eigenvalue weighted by atomic mass is 19.1. The van der Waals surface area contributed by atoms with E-state index in [4.69, 9.17) is 0 Å². The van der Waals surface area contributed by atoms with Crippen LogP contribution in [0.1, 0.15) is 31.4 Å². The van der Waals surface area contributed by atoms with Crippen LogP contribution in [-0.4, -0.2) is 51.0 Å². The lowest BCUT2D eigenvalue weighted by atomic mass is 9.89. The molecule has 2 aliphatic heterocycles. The summed E-state index contributed by atoms with van der Waals surface area (Å²) in [5.74, 6) is 0.247. The maximum absolute atomic E-state index is 13.8. The molecule has 2 fully saturated rings. The summed E-state index contributed by atoms with van der Waals surface area (Å²) < 4.78 is 15.6. The van der Waals surface area contributed by atoms with E-state index in [1.165, 1.54) is 12.1 Å². The van der Waals surface area contributed by atoms with Crippen molar-refractivity contribution < 1.29 is 14.0 Å². The quantitative estimate of drug-likeness (QED) is 0.796. The number of aromatic nitrogens is 2. The largest absolute Gasteiger partial charge is 0.342 e. The van der Waals surface area contributed by atoms with Crippen molar-refractivity contribution in [3.05, 3.63) is 54.1 Å². The van der Waals surface area contributed by atoms with Crippen LogP contribution >= 0.6 is 0 Å². The van der Waals surface area contributed by atoms with Gasteiger partial charge in [0.15, 0.2) is 0 Å². The third-order valence-electron chi connectivity index (χ3n) is 5.95. The molecule has 2 aliphatic rings. The number of carbonyl (C=O) groups excluding carboxylic acids is 2. The second-order valence-corrected chi connectivity index (χ2v) is 7.77. The Bertz CT molecular complexity index is 854. The molecular formula is C21H25FN4O2. The average molecular weight is 384 g/mol. The van der Waals surface area contributed by atoms with Gasteiger partial charge in [-0.15, -0.1) is 0 Å². The summed E-state index contributed by atoms with van der Waals surface area (Å²) in [5, 5.41) is 4.16. The van der Waals surface area contributed by atoms with Gasteiger partial charge in [0.2, 0.25) is 11.8 Å². The third kappa shape index (κ3) is 3.66. The molecule has 2 aromatic rings. The Morgan fingerprint density at radius 2 is 2.07 bits per heavy atom. The number of amides is 2. The van der Waals surface area contributed by atoms with Crippen molar-refractivity contribution in [1.29, 1.82) is 0 Å². The Balaban J connectivity index is 1.42. The van der Waals surface area contributed by atoms with Gasteiger partial charge in [-0.25, -0.2) is 4.39 Å². The van der Waals surface area contributed by atoms with Gasteiger partial charge in [-0.1, -0.05) is 12.1 Å². The van der Waals surface area contributed by atoms with Crippen LogP contribution in [0.25, 0.3) is 0 Å². The Labute approximate surface area is 163 Å². The Kier molecular flexibility index (Phi) is 5.15. The van der Waals surface area contributed by atoms with Crippen LogP contribution in [0.3, 0.4) is 0 Å². The highest BCUT2D eigenvalue weighted by molar-refractivity contribution is 5.77. The molecule has 0 saturated carbocycles. The lowest BCUT2D eigenvalue weighted by Crippen LogP contribution is -2.36. The van der Waals surface area contributed by atoms with Gasteiger partial charge in [-0.3, -0.25) is 14.3 Å². The van der Waals surface area contributed by atoms with E-state index in [-0.39, 0.29) is 35.5 Å². The van der Waals surface area contributed by atoms with E-state index in [9.17, 15) is 14.0 Å². The van der Waals surface area contributed by atoms with E-state index in [1.54, 1.807) is 19.2 Å². The average Bonchev–Trinajstić information content (AvgIpc) is 3.37. The van der Waals surface area contributed by atoms with E-state index >= 15 is 0 Å². The molecule has 2 amide bonds. The molecule has 6 nitrogen and oxygen atoms in total. The predicted octanol–water partition coefficient (Wildman–Crippen LogP) is 2.48. The number of aryl methyl sites for hydroxylation is 1. The number of rotatable bonds is 5. The van der Waals surface area contributed by atoms with Crippen molar-refractivity contribution in [3.63, 3.8) is 0 Å². The maximum Gasteiger partial charge on any atom is 0.222 e. The Morgan fingerprint density at radius 1 is 1.21 bits per heavy atom. The van der Waals surface area contributed by atoms with E-state index in [0.717, 1.165) is 18.5 Å². The molecule has 0 spiro atoms. The highest BCUT2D eigenvalue weighted by Crippen LogP contribution is 2.45. The van der Waals surface area contributed by atoms with Crippen molar-refractivity contribution in [1.82, 2.24) is 19.6 Å². The molecule has 7 heteroatoms. The minimum Gasteiger partial charge on any atom is -0.342 e. The number of likely N-dealkylation sites (tertiary alicyclic amines) is 2. The van der Waals surface area contributed by atoms with Gasteiger partial charge in [0.05, 0.1) is 6.04 Å². The first-order chi connectivity index (χ1) is 13.5. The summed E-state index contributed by atoms with van der Waals surface area (Å²) in [7, 11) is 0. The molecule has 2 saturated heterocycles. The van der Waals surface area contributed by atoms with Crippen LogP contribution in [0.15, 0.2) is 42.7 Å². The zero-order valence-corrected chi connectivity index (χ0v) is 16.0. The van der Waals surface area contributed by atoms with Crippen LogP contribution in [0.2, 0.25) is 0 Å². The molecule has 148 valence electrons. The van der Waals surface area contributed by atoms with Crippen molar-refractivity contribution in [3.8, 4) is 0 Å². The van der Waals surface area contributed by atoms with Gasteiger partial charge in [0.1, 0.15) is 5.82 Å². The summed E-state index contributed by atoms with van der Waals surface area (Å²) >= 11 is 0. The molecule has 0 bridgehead atoms. The lowest BCUT2D eigenvalue weighted by molar-refractivity contribution is -0.131. The summed E-state index contributed by atoms with van der Waals surface area (Å²) in [6, 6.07) is 8.19. The number of carbonyl (C=O) groups is 2. The van der Waals surface area contributed by atoms with Crippen molar-refractivity contribution in [2.45, 2.75) is 32.4 Å². The SMILES string of the molecule is CC(=O)N1C[C@H]2CN(C(=O)CCCn3cccn3)C[C@H]2[C@@H]1c1cccc(F)c1. The van der Waals surface area contributed by atoms with E-state index in [1.807, 2.05) is 32.8 Å². The molecule has 0 radical (unpaired) electrons. The number of benzene rings is 1. The van der Waals surface area contributed by atoms with E-state index in [0.29, 0.717) is 26.1 Å². The van der Waals surface area contributed by atoms with Gasteiger partial charge < -0.3 is 9.80 Å². The molecule has 0 aliphatic carbocycles. The number of halogens is 1. The van der Waals surface area contributed by atoms with Crippen LogP contribution in [0.4, 0.5) is 4.39 Å². The maximum atomic E-state index is 13.8. The van der Waals surface area contributed by atoms with Crippen LogP contribution in [0, 0.1) is 17.7 Å². The Hall–Kier alpha value is -2.70. The minimum absolute atomic E-state index is 0.000704. The van der Waals surface area contributed by atoms with Crippen molar-refractivity contribution >= 4 is 11.8 Å². The lowest BCUT2D eigenvalue weighted by Gasteiger charge is -2.29. The fraction of sp³-hybridized carbons (Fsp3) is 0.476. The normalized spacial score (nSPS) is 23.9. The van der Waals surface area contributed by atoms with Gasteiger partial charge in [0, 0.05) is 63.8 Å². The summed E-state index contributed by atoms with van der Waals surface area (Å²) in [6.07, 6.45) is 4.86. The molecular weight excluding hydrogens is 359 g/mol. The minimum atomic E-state index is -0.297. The van der Waals surface area contributed by atoms with Crippen LogP contribution in [0.5, 0.6) is 0 Å². The predicted molar refractivity (Wildman–Crippen MR) is 102 cm³/mol. The van der Waals surface area contributed by atoms with Crippen molar-refractivity contribution in [2.24, 2.45) is 11.8 Å². The summed E-state index contributed by atoms with van der Waals surface area (Å²) in [6.45, 7) is 4.20. The monoisotopic (exact) mass is 384 g/mol. The standard InChI is InChI=1S/C21H25FN4O2/c1-15(27)26-13-17-12-24(20(28)7-3-9-25-10-4-8-23-25)14-19(17)21(26)16-5-2-6-18(22)11-16/h2,4-6,8,10-11,17,19,21H,3,7,9,12-14H2,1H3/t17-,19-,21+/m1/s1. The fourth-order valence-corrected chi connectivity index (χ4v) is 4.67. The number of fused-ring (bicyclic) bond motifs is 1. The molecule has 1 aromatic heterocycles. The van der Waals surface area contributed by atoms with Crippen molar-refractivity contribution in [2.75, 3.05) is 19.6 Å². The zero-order chi connectivity index (χ0) is 19.7. The molecule has 1 aromatic carbocycles. The first-order valence-corrected chi connectivity index (χ1v) is 9.81. The van der Waals surface area contributed by atoms with Gasteiger partial charge in [-0.2, -0.15) is 5.10 Å². The summed E-state index contributed by atoms with van der Waals surface area (Å²) in [4.78, 5) is 28.6. The van der Waals surface area contributed by atoms with Gasteiger partial charge in [-0.05, 0) is 30.2 Å².